The van der Waals surface area contributed by atoms with Crippen LogP contribution in [0.5, 0.6) is 0 Å². The predicted molar refractivity (Wildman–Crippen MR) is 72.2 cm³/mol. The summed E-state index contributed by atoms with van der Waals surface area (Å²) in [6.07, 6.45) is 4.16. The average molecular weight is 298 g/mol. The van der Waals surface area contributed by atoms with Gasteiger partial charge in [0.15, 0.2) is 0 Å². The highest BCUT2D eigenvalue weighted by Crippen LogP contribution is 2.38. The molecule has 1 N–H and O–H groups in total. The Morgan fingerprint density at radius 1 is 1.35 bits per heavy atom. The molecule has 0 bridgehead atoms. The Bertz CT molecular complexity index is 645. The molecule has 20 heavy (non-hydrogen) atoms. The van der Waals surface area contributed by atoms with Crippen LogP contribution in [0.4, 0.5) is 0 Å². The van der Waals surface area contributed by atoms with Crippen LogP contribution in [0.2, 0.25) is 0 Å². The van der Waals surface area contributed by atoms with Gasteiger partial charge in [0, 0.05) is 25.3 Å². The molecule has 2 aliphatic rings. The molecule has 1 unspecified atom stereocenters. The quantitative estimate of drug-likeness (QED) is 0.914. The van der Waals surface area contributed by atoms with E-state index in [4.69, 9.17) is 0 Å². The SMILES string of the molecule is CC1CCN(S(=O)(=O)c2cc(C(=O)O)n(C3CC3)c2)C1. The predicted octanol–water partition coefficient (Wildman–Crippen LogP) is 1.55. The minimum Gasteiger partial charge on any atom is -0.477 e. The van der Waals surface area contributed by atoms with E-state index in [0.29, 0.717) is 19.0 Å². The molecule has 1 atom stereocenters. The Balaban J connectivity index is 1.97. The van der Waals surface area contributed by atoms with Gasteiger partial charge in [-0.25, -0.2) is 13.2 Å². The van der Waals surface area contributed by atoms with Gasteiger partial charge in [-0.05, 0) is 31.2 Å². The number of hydrogen-bond donors (Lipinski definition) is 1. The van der Waals surface area contributed by atoms with E-state index in [-0.39, 0.29) is 16.6 Å². The summed E-state index contributed by atoms with van der Waals surface area (Å²) in [6.45, 7) is 3.05. The molecule has 1 saturated carbocycles. The Hall–Kier alpha value is -1.34. The summed E-state index contributed by atoms with van der Waals surface area (Å²) >= 11 is 0. The second-order valence-electron chi connectivity index (χ2n) is 5.76. The molecule has 0 radical (unpaired) electrons. The minimum atomic E-state index is -3.56. The van der Waals surface area contributed by atoms with Crippen molar-refractivity contribution in [1.29, 1.82) is 0 Å². The largest absolute Gasteiger partial charge is 0.477 e. The van der Waals surface area contributed by atoms with Crippen molar-refractivity contribution >= 4 is 16.0 Å². The number of carboxylic acids is 1. The third kappa shape index (κ3) is 2.25. The Labute approximate surface area is 118 Å². The summed E-state index contributed by atoms with van der Waals surface area (Å²) in [5.74, 6) is -0.720. The second-order valence-corrected chi connectivity index (χ2v) is 7.70. The van der Waals surface area contributed by atoms with E-state index in [1.54, 1.807) is 4.57 Å². The topological polar surface area (TPSA) is 79.6 Å². The minimum absolute atomic E-state index is 0.0679. The third-order valence-electron chi connectivity index (χ3n) is 4.01. The zero-order valence-electron chi connectivity index (χ0n) is 11.3. The fourth-order valence-electron chi connectivity index (χ4n) is 2.68. The van der Waals surface area contributed by atoms with E-state index < -0.39 is 16.0 Å². The Kier molecular flexibility index (Phi) is 3.13. The zero-order valence-corrected chi connectivity index (χ0v) is 12.1. The van der Waals surface area contributed by atoms with Crippen LogP contribution < -0.4 is 0 Å². The van der Waals surface area contributed by atoms with Crippen molar-refractivity contribution in [2.75, 3.05) is 13.1 Å². The van der Waals surface area contributed by atoms with Crippen LogP contribution in [0, 0.1) is 5.92 Å². The van der Waals surface area contributed by atoms with Crippen LogP contribution in [0.25, 0.3) is 0 Å². The highest BCUT2D eigenvalue weighted by molar-refractivity contribution is 7.89. The molecule has 1 aromatic rings. The maximum absolute atomic E-state index is 12.5. The molecule has 2 fully saturated rings. The lowest BCUT2D eigenvalue weighted by Crippen LogP contribution is -2.28. The molecule has 1 aliphatic heterocycles. The molecule has 3 rings (SSSR count). The van der Waals surface area contributed by atoms with Gasteiger partial charge in [-0.2, -0.15) is 4.31 Å². The van der Waals surface area contributed by atoms with E-state index in [2.05, 4.69) is 0 Å². The summed E-state index contributed by atoms with van der Waals surface area (Å²) in [6, 6.07) is 1.43. The zero-order chi connectivity index (χ0) is 14.5. The Morgan fingerprint density at radius 3 is 2.55 bits per heavy atom. The van der Waals surface area contributed by atoms with Crippen LogP contribution >= 0.6 is 0 Å². The van der Waals surface area contributed by atoms with Crippen LogP contribution in [0.1, 0.15) is 42.7 Å². The van der Waals surface area contributed by atoms with Gasteiger partial charge in [0.05, 0.1) is 0 Å². The van der Waals surface area contributed by atoms with Gasteiger partial charge < -0.3 is 9.67 Å². The number of nitrogens with zero attached hydrogens (tertiary/aromatic N) is 2. The summed E-state index contributed by atoms with van der Waals surface area (Å²) in [5.41, 5.74) is 0.0679. The van der Waals surface area contributed by atoms with Gasteiger partial charge in [-0.15, -0.1) is 0 Å². The number of hydrogen-bond acceptors (Lipinski definition) is 3. The van der Waals surface area contributed by atoms with Gasteiger partial charge in [-0.1, -0.05) is 6.92 Å². The van der Waals surface area contributed by atoms with E-state index in [0.717, 1.165) is 19.3 Å². The number of aromatic carboxylic acids is 1. The first kappa shape index (κ1) is 13.6. The fourth-order valence-corrected chi connectivity index (χ4v) is 4.29. The van der Waals surface area contributed by atoms with Gasteiger partial charge in [0.25, 0.3) is 0 Å². The molecule has 7 heteroatoms. The average Bonchev–Trinajstić information content (AvgIpc) is 2.95. The van der Waals surface area contributed by atoms with Crippen molar-refractivity contribution in [3.8, 4) is 0 Å². The van der Waals surface area contributed by atoms with Crippen molar-refractivity contribution in [2.24, 2.45) is 5.92 Å². The molecule has 1 saturated heterocycles. The first-order chi connectivity index (χ1) is 9.39. The van der Waals surface area contributed by atoms with Gasteiger partial charge in [-0.3, -0.25) is 0 Å². The highest BCUT2D eigenvalue weighted by Gasteiger charge is 2.35. The van der Waals surface area contributed by atoms with Gasteiger partial charge in [0.1, 0.15) is 10.6 Å². The maximum Gasteiger partial charge on any atom is 0.352 e. The van der Waals surface area contributed by atoms with Gasteiger partial charge >= 0.3 is 5.97 Å². The summed E-state index contributed by atoms with van der Waals surface area (Å²) in [5, 5.41) is 9.20. The third-order valence-corrected chi connectivity index (χ3v) is 5.84. The van der Waals surface area contributed by atoms with E-state index in [1.165, 1.54) is 16.6 Å². The second kappa shape index (κ2) is 4.60. The molecular weight excluding hydrogens is 280 g/mol. The number of carboxylic acid groups (broad SMARTS) is 1. The van der Waals surface area contributed by atoms with Crippen LogP contribution in [0.15, 0.2) is 17.2 Å². The van der Waals surface area contributed by atoms with Crippen molar-refractivity contribution in [1.82, 2.24) is 8.87 Å². The monoisotopic (exact) mass is 298 g/mol. The van der Waals surface area contributed by atoms with Crippen molar-refractivity contribution in [3.63, 3.8) is 0 Å². The van der Waals surface area contributed by atoms with Crippen LogP contribution in [0.3, 0.4) is 0 Å². The highest BCUT2D eigenvalue weighted by atomic mass is 32.2. The molecule has 6 nitrogen and oxygen atoms in total. The molecule has 0 aromatic carbocycles. The first-order valence-corrected chi connectivity index (χ1v) is 8.29. The number of carbonyl (C=O) groups is 1. The van der Waals surface area contributed by atoms with Crippen molar-refractivity contribution in [3.05, 3.63) is 18.0 Å². The normalized spacial score (nSPS) is 24.1. The standard InChI is InChI=1S/C13H18N2O4S/c1-9-4-5-14(7-9)20(18,19)11-6-12(13(16)17)15(8-11)10-2-3-10/h6,8-10H,2-5,7H2,1H3,(H,16,17). The van der Waals surface area contributed by atoms with E-state index >= 15 is 0 Å². The first-order valence-electron chi connectivity index (χ1n) is 6.85. The van der Waals surface area contributed by atoms with Crippen LogP contribution in [-0.4, -0.2) is 41.5 Å². The Morgan fingerprint density at radius 2 is 2.05 bits per heavy atom. The molecular formula is C13H18N2O4S. The van der Waals surface area contributed by atoms with Crippen molar-refractivity contribution in [2.45, 2.75) is 37.1 Å². The van der Waals surface area contributed by atoms with E-state index in [1.807, 2.05) is 6.92 Å². The molecule has 1 aromatic heterocycles. The molecule has 0 spiro atoms. The lowest BCUT2D eigenvalue weighted by molar-refractivity contribution is 0.0685. The molecule has 1 aliphatic carbocycles. The fraction of sp³-hybridized carbons (Fsp3) is 0.615. The molecule has 110 valence electrons. The molecule has 2 heterocycles. The smallest absolute Gasteiger partial charge is 0.352 e. The summed E-state index contributed by atoms with van der Waals surface area (Å²) in [7, 11) is -3.56. The summed E-state index contributed by atoms with van der Waals surface area (Å²) < 4.78 is 28.1. The lowest BCUT2D eigenvalue weighted by atomic mass is 10.2. The van der Waals surface area contributed by atoms with Crippen molar-refractivity contribution < 1.29 is 18.3 Å². The maximum atomic E-state index is 12.5. The van der Waals surface area contributed by atoms with E-state index in [9.17, 15) is 18.3 Å². The lowest BCUT2D eigenvalue weighted by Gasteiger charge is -2.14. The number of rotatable bonds is 4. The van der Waals surface area contributed by atoms with Crippen LogP contribution in [-0.2, 0) is 10.0 Å². The summed E-state index contributed by atoms with van der Waals surface area (Å²) in [4.78, 5) is 11.3. The molecule has 0 amide bonds. The number of sulfonamides is 1. The van der Waals surface area contributed by atoms with Gasteiger partial charge in [0.2, 0.25) is 10.0 Å². The number of aromatic nitrogens is 1.